The smallest absolute Gasteiger partial charge is 0.233 e. The topological polar surface area (TPSA) is 29.5 Å². The molecular formula is C22H27NO2. The van der Waals surface area contributed by atoms with Crippen LogP contribution in [0.25, 0.3) is 0 Å². The number of amides is 1. The summed E-state index contributed by atoms with van der Waals surface area (Å²) in [5.41, 5.74) is 3.79. The minimum absolute atomic E-state index is 0.128. The fourth-order valence-electron chi connectivity index (χ4n) is 6.00. The maximum Gasteiger partial charge on any atom is 0.233 e. The number of fused-ring (bicyclic) bond motifs is 2. The van der Waals surface area contributed by atoms with Gasteiger partial charge in [-0.15, -0.1) is 0 Å². The van der Waals surface area contributed by atoms with Crippen molar-refractivity contribution in [3.8, 4) is 0 Å². The van der Waals surface area contributed by atoms with Crippen LogP contribution in [0.4, 0.5) is 5.69 Å². The second kappa shape index (κ2) is 5.70. The highest BCUT2D eigenvalue weighted by atomic mass is 16.5. The van der Waals surface area contributed by atoms with E-state index in [1.807, 2.05) is 13.0 Å². The first-order valence-corrected chi connectivity index (χ1v) is 9.93. The van der Waals surface area contributed by atoms with Crippen molar-refractivity contribution in [1.82, 2.24) is 0 Å². The molecule has 4 unspecified atom stereocenters. The molecule has 0 N–H and O–H groups in total. The lowest BCUT2D eigenvalue weighted by molar-refractivity contribution is -0.128. The van der Waals surface area contributed by atoms with E-state index in [-0.39, 0.29) is 11.5 Å². The number of carbonyl (C=O) groups excluding carboxylic acids is 1. The summed E-state index contributed by atoms with van der Waals surface area (Å²) < 4.78 is 5.94. The molecule has 0 radical (unpaired) electrons. The molecule has 0 aromatic heterocycles. The van der Waals surface area contributed by atoms with Crippen molar-refractivity contribution in [2.75, 3.05) is 18.1 Å². The van der Waals surface area contributed by atoms with Crippen LogP contribution in [0.15, 0.2) is 35.9 Å². The molecule has 1 heterocycles. The van der Waals surface area contributed by atoms with Gasteiger partial charge in [0.1, 0.15) is 0 Å². The largest absolute Gasteiger partial charge is 0.374 e. The number of carbonyl (C=O) groups is 1. The lowest BCUT2D eigenvalue weighted by Crippen LogP contribution is -2.46. The Bertz CT molecular complexity index is 739. The van der Waals surface area contributed by atoms with Gasteiger partial charge in [-0.05, 0) is 63.4 Å². The molecule has 2 saturated carbocycles. The zero-order chi connectivity index (χ0) is 17.0. The van der Waals surface area contributed by atoms with E-state index < -0.39 is 0 Å². The lowest BCUT2D eigenvalue weighted by atomic mass is 9.74. The maximum atomic E-state index is 13.7. The van der Waals surface area contributed by atoms with E-state index in [2.05, 4.69) is 29.2 Å². The number of ether oxygens (including phenoxy) is 1. The first-order chi connectivity index (χ1) is 12.2. The van der Waals surface area contributed by atoms with Crippen LogP contribution in [0.1, 0.15) is 57.1 Å². The Hall–Kier alpha value is -1.61. The summed E-state index contributed by atoms with van der Waals surface area (Å²) >= 11 is 0. The number of anilines is 1. The number of hydrogen-bond donors (Lipinski definition) is 0. The van der Waals surface area contributed by atoms with Gasteiger partial charge in [-0.1, -0.05) is 29.8 Å². The van der Waals surface area contributed by atoms with E-state index in [0.717, 1.165) is 43.8 Å². The molecule has 5 rings (SSSR count). The van der Waals surface area contributed by atoms with Gasteiger partial charge < -0.3 is 9.64 Å². The summed E-state index contributed by atoms with van der Waals surface area (Å²) in [5, 5.41) is 0. The molecule has 1 aliphatic heterocycles. The lowest BCUT2D eigenvalue weighted by Gasteiger charge is -2.40. The number of rotatable bonds is 3. The molecule has 4 aliphatic rings. The van der Waals surface area contributed by atoms with E-state index in [0.29, 0.717) is 18.4 Å². The Balaban J connectivity index is 1.48. The fourth-order valence-corrected chi connectivity index (χ4v) is 6.00. The van der Waals surface area contributed by atoms with Crippen molar-refractivity contribution in [3.63, 3.8) is 0 Å². The van der Waals surface area contributed by atoms with Crippen LogP contribution in [-0.4, -0.2) is 19.1 Å². The Labute approximate surface area is 150 Å². The van der Waals surface area contributed by atoms with Crippen molar-refractivity contribution in [1.29, 1.82) is 0 Å². The van der Waals surface area contributed by atoms with Crippen molar-refractivity contribution in [2.45, 2.75) is 51.6 Å². The van der Waals surface area contributed by atoms with Gasteiger partial charge in [-0.2, -0.15) is 0 Å². The summed E-state index contributed by atoms with van der Waals surface area (Å²) in [7, 11) is 0. The summed E-state index contributed by atoms with van der Waals surface area (Å²) in [6, 6.07) is 8.35. The monoisotopic (exact) mass is 337 g/mol. The van der Waals surface area contributed by atoms with Gasteiger partial charge in [-0.3, -0.25) is 4.79 Å². The first-order valence-electron chi connectivity index (χ1n) is 9.93. The Morgan fingerprint density at radius 3 is 3.04 bits per heavy atom. The predicted molar refractivity (Wildman–Crippen MR) is 98.4 cm³/mol. The predicted octanol–water partition coefficient (Wildman–Crippen LogP) is 4.64. The molecule has 3 nitrogen and oxygen atoms in total. The zero-order valence-corrected chi connectivity index (χ0v) is 15.0. The standard InChI is InChI=1S/C22H27NO2/c1-2-25-20-10-12-23(19-6-4-3-5-17(19)20)21(24)22-11-9-15-7-8-16(13-22)18(15)14-22/h3-6,9,16,18,20H,2,7-8,10-14H2,1H3. The molecule has 1 aromatic carbocycles. The molecule has 1 aromatic rings. The Morgan fingerprint density at radius 1 is 1.28 bits per heavy atom. The summed E-state index contributed by atoms with van der Waals surface area (Å²) in [5.74, 6) is 1.84. The molecular weight excluding hydrogens is 310 g/mol. The average molecular weight is 337 g/mol. The van der Waals surface area contributed by atoms with Crippen LogP contribution < -0.4 is 4.90 Å². The third-order valence-corrected chi connectivity index (χ3v) is 7.12. The molecule has 0 saturated heterocycles. The quantitative estimate of drug-likeness (QED) is 0.752. The Kier molecular flexibility index (Phi) is 3.56. The number of para-hydroxylation sites is 1. The SMILES string of the molecule is CCOC1CCN(C(=O)C23CC=C4CCC(C2)C4C3)c2ccccc21. The summed E-state index contributed by atoms with van der Waals surface area (Å²) in [6.45, 7) is 3.55. The number of hydrogen-bond acceptors (Lipinski definition) is 2. The molecule has 2 fully saturated rings. The number of benzene rings is 1. The van der Waals surface area contributed by atoms with E-state index in [4.69, 9.17) is 4.74 Å². The summed E-state index contributed by atoms with van der Waals surface area (Å²) in [4.78, 5) is 15.8. The fraction of sp³-hybridized carbons (Fsp3) is 0.591. The minimum atomic E-state index is -0.134. The Morgan fingerprint density at radius 2 is 2.16 bits per heavy atom. The van der Waals surface area contributed by atoms with Crippen LogP contribution in [-0.2, 0) is 9.53 Å². The maximum absolute atomic E-state index is 13.7. The minimum Gasteiger partial charge on any atom is -0.374 e. The van der Waals surface area contributed by atoms with Crippen molar-refractivity contribution < 1.29 is 9.53 Å². The molecule has 132 valence electrons. The van der Waals surface area contributed by atoms with Gasteiger partial charge >= 0.3 is 0 Å². The molecule has 0 spiro atoms. The second-order valence-corrected chi connectivity index (χ2v) is 8.33. The highest BCUT2D eigenvalue weighted by Crippen LogP contribution is 2.61. The molecule has 3 heteroatoms. The van der Waals surface area contributed by atoms with Crippen LogP contribution in [0.5, 0.6) is 0 Å². The highest BCUT2D eigenvalue weighted by Gasteiger charge is 2.56. The first kappa shape index (κ1) is 15.6. The van der Waals surface area contributed by atoms with E-state index >= 15 is 0 Å². The van der Waals surface area contributed by atoms with Crippen LogP contribution in [0.3, 0.4) is 0 Å². The van der Waals surface area contributed by atoms with Gasteiger partial charge in [-0.25, -0.2) is 0 Å². The van der Waals surface area contributed by atoms with Gasteiger partial charge in [0.25, 0.3) is 0 Å². The number of allylic oxidation sites excluding steroid dienone is 2. The van der Waals surface area contributed by atoms with Crippen LogP contribution in [0.2, 0.25) is 0 Å². The normalized spacial score (nSPS) is 35.5. The van der Waals surface area contributed by atoms with Crippen LogP contribution >= 0.6 is 0 Å². The third kappa shape index (κ3) is 2.25. The van der Waals surface area contributed by atoms with Crippen molar-refractivity contribution >= 4 is 11.6 Å². The van der Waals surface area contributed by atoms with Crippen LogP contribution in [0, 0.1) is 17.3 Å². The van der Waals surface area contributed by atoms with Crippen molar-refractivity contribution in [2.24, 2.45) is 17.3 Å². The van der Waals surface area contributed by atoms with E-state index in [1.165, 1.54) is 18.4 Å². The van der Waals surface area contributed by atoms with Gasteiger partial charge in [0.15, 0.2) is 0 Å². The second-order valence-electron chi connectivity index (χ2n) is 8.33. The van der Waals surface area contributed by atoms with Crippen molar-refractivity contribution in [3.05, 3.63) is 41.5 Å². The molecule has 2 bridgehead atoms. The summed E-state index contributed by atoms with van der Waals surface area (Å²) in [6.07, 6.45) is 9.18. The van der Waals surface area contributed by atoms with Gasteiger partial charge in [0.05, 0.1) is 11.5 Å². The third-order valence-electron chi connectivity index (χ3n) is 7.12. The van der Waals surface area contributed by atoms with E-state index in [1.54, 1.807) is 5.57 Å². The van der Waals surface area contributed by atoms with Gasteiger partial charge in [0.2, 0.25) is 5.91 Å². The molecule has 3 aliphatic carbocycles. The number of nitrogens with zero attached hydrogens (tertiary/aromatic N) is 1. The average Bonchev–Trinajstić information content (AvgIpc) is 3.15. The molecule has 1 amide bonds. The molecule has 25 heavy (non-hydrogen) atoms. The molecule has 4 atom stereocenters. The van der Waals surface area contributed by atoms with E-state index in [9.17, 15) is 4.79 Å². The van der Waals surface area contributed by atoms with Gasteiger partial charge in [0, 0.05) is 24.4 Å². The zero-order valence-electron chi connectivity index (χ0n) is 15.0. The highest BCUT2D eigenvalue weighted by molar-refractivity contribution is 5.99.